The summed E-state index contributed by atoms with van der Waals surface area (Å²) in [6.07, 6.45) is 0. The second kappa shape index (κ2) is 9.00. The molecular formula is C26H24O2S2. The first-order valence-corrected chi connectivity index (χ1v) is 12.4. The van der Waals surface area contributed by atoms with Crippen molar-refractivity contribution in [3.8, 4) is 0 Å². The van der Waals surface area contributed by atoms with Gasteiger partial charge >= 0.3 is 0 Å². The highest BCUT2D eigenvalue weighted by molar-refractivity contribution is 8.32. The first-order valence-electron chi connectivity index (χ1n) is 9.78. The van der Waals surface area contributed by atoms with E-state index >= 15 is 0 Å². The molecule has 0 saturated heterocycles. The van der Waals surface area contributed by atoms with Gasteiger partial charge in [-0.3, -0.25) is 0 Å². The predicted octanol–water partition coefficient (Wildman–Crippen LogP) is 7.24. The fraction of sp³-hybridized carbons (Fsp3) is 0.0769. The highest BCUT2D eigenvalue weighted by Gasteiger charge is 2.35. The maximum atomic E-state index is 13.5. The zero-order valence-electron chi connectivity index (χ0n) is 17.0. The van der Waals surface area contributed by atoms with Gasteiger partial charge in [-0.2, -0.15) is 0 Å². The third-order valence-corrected chi connectivity index (χ3v) is 9.66. The summed E-state index contributed by atoms with van der Waals surface area (Å²) in [5, 5.41) is 0. The molecule has 0 aliphatic rings. The van der Waals surface area contributed by atoms with Crippen LogP contribution in [0.4, 0.5) is 0 Å². The Hall–Kier alpha value is -2.66. The lowest BCUT2D eigenvalue weighted by Crippen LogP contribution is -2.10. The molecule has 0 aliphatic heterocycles. The van der Waals surface area contributed by atoms with Crippen molar-refractivity contribution in [2.45, 2.75) is 33.4 Å². The van der Waals surface area contributed by atoms with Crippen LogP contribution in [-0.4, -0.2) is 4.21 Å². The van der Waals surface area contributed by atoms with E-state index in [4.69, 9.17) is 3.63 Å². The number of aryl methyl sites for hydroxylation is 2. The van der Waals surface area contributed by atoms with E-state index in [-0.39, 0.29) is 0 Å². The van der Waals surface area contributed by atoms with Crippen LogP contribution in [0, 0.1) is 13.8 Å². The van der Waals surface area contributed by atoms with E-state index in [0.717, 1.165) is 20.2 Å². The van der Waals surface area contributed by atoms with Crippen LogP contribution >= 0.6 is 10.3 Å². The summed E-state index contributed by atoms with van der Waals surface area (Å²) in [5.74, 6) is 0. The van der Waals surface area contributed by atoms with Crippen LogP contribution in [-0.2, 0) is 14.7 Å². The van der Waals surface area contributed by atoms with Gasteiger partial charge in [0.15, 0.2) is 11.1 Å². The summed E-state index contributed by atoms with van der Waals surface area (Å²) < 4.78 is 20.1. The van der Waals surface area contributed by atoms with Crippen molar-refractivity contribution in [3.05, 3.63) is 120 Å². The van der Waals surface area contributed by atoms with Gasteiger partial charge in [-0.25, -0.2) is 7.84 Å². The van der Waals surface area contributed by atoms with E-state index in [1.807, 2.05) is 67.6 Å². The van der Waals surface area contributed by atoms with Crippen molar-refractivity contribution in [2.24, 2.45) is 0 Å². The normalized spacial score (nSPS) is 13.0. The fourth-order valence-electron chi connectivity index (χ4n) is 3.26. The van der Waals surface area contributed by atoms with Gasteiger partial charge in [0, 0.05) is 14.7 Å². The van der Waals surface area contributed by atoms with E-state index in [2.05, 4.69) is 55.5 Å². The summed E-state index contributed by atoms with van der Waals surface area (Å²) >= 11 is -1.63. The molecule has 4 heteroatoms. The van der Waals surface area contributed by atoms with Crippen molar-refractivity contribution >= 4 is 21.4 Å². The molecule has 152 valence electrons. The molecule has 0 fully saturated rings. The van der Waals surface area contributed by atoms with Gasteiger partial charge in [-0.05, 0) is 72.7 Å². The smallest absolute Gasteiger partial charge is 0.200 e. The summed E-state index contributed by atoms with van der Waals surface area (Å²) in [6, 6.07) is 36.3. The number of rotatable bonds is 6. The molecule has 0 aliphatic carbocycles. The summed E-state index contributed by atoms with van der Waals surface area (Å²) in [7, 11) is -2.21. The standard InChI is InChI=1S/C26H24O2S2/c1-21-13-17-23(18-14-21)29(27)28-30(24-9-5-3-6-10-24,25-11-7-4-8-12-25)26-19-15-22(2)16-20-26/h3-20H,1-2H3. The SMILES string of the molecule is Cc1ccc(S(=O)OS(c2ccccc2)(c2ccccc2)c2ccc(C)cc2)cc1. The van der Waals surface area contributed by atoms with Crippen molar-refractivity contribution in [1.29, 1.82) is 0 Å². The third-order valence-electron chi connectivity index (χ3n) is 4.88. The quantitative estimate of drug-likeness (QED) is 0.321. The van der Waals surface area contributed by atoms with Crippen molar-refractivity contribution in [2.75, 3.05) is 0 Å². The molecule has 30 heavy (non-hydrogen) atoms. The first kappa shape index (κ1) is 20.6. The maximum absolute atomic E-state index is 13.5. The number of hydrogen-bond donors (Lipinski definition) is 0. The molecule has 0 saturated carbocycles. The molecule has 4 rings (SSSR count). The van der Waals surface area contributed by atoms with Gasteiger partial charge in [-0.1, -0.05) is 71.8 Å². The van der Waals surface area contributed by atoms with Crippen LogP contribution < -0.4 is 0 Å². The Labute approximate surface area is 182 Å². The van der Waals surface area contributed by atoms with Gasteiger partial charge in [0.05, 0.1) is 4.90 Å². The minimum absolute atomic E-state index is 0.663. The molecule has 0 bridgehead atoms. The van der Waals surface area contributed by atoms with E-state index in [1.165, 1.54) is 5.56 Å². The zero-order chi connectivity index (χ0) is 21.0. The summed E-state index contributed by atoms with van der Waals surface area (Å²) in [4.78, 5) is 3.71. The van der Waals surface area contributed by atoms with Crippen LogP contribution in [0.1, 0.15) is 11.1 Å². The van der Waals surface area contributed by atoms with E-state index in [1.54, 1.807) is 0 Å². The average molecular weight is 433 g/mol. The highest BCUT2D eigenvalue weighted by Crippen LogP contribution is 2.69. The van der Waals surface area contributed by atoms with Crippen molar-refractivity contribution < 1.29 is 7.84 Å². The fourth-order valence-corrected chi connectivity index (χ4v) is 8.04. The molecule has 4 aromatic carbocycles. The molecule has 0 N–H and O–H groups in total. The van der Waals surface area contributed by atoms with E-state index in [0.29, 0.717) is 4.90 Å². The summed E-state index contributed by atoms with van der Waals surface area (Å²) in [6.45, 7) is 4.08. The molecule has 4 aromatic rings. The van der Waals surface area contributed by atoms with Crippen LogP contribution in [0.5, 0.6) is 0 Å². The van der Waals surface area contributed by atoms with Crippen LogP contribution in [0.2, 0.25) is 0 Å². The molecule has 1 unspecified atom stereocenters. The molecule has 2 nitrogen and oxygen atoms in total. The van der Waals surface area contributed by atoms with Gasteiger partial charge < -0.3 is 0 Å². The lowest BCUT2D eigenvalue weighted by molar-refractivity contribution is 0.595. The maximum Gasteiger partial charge on any atom is 0.200 e. The van der Waals surface area contributed by atoms with Crippen LogP contribution in [0.15, 0.2) is 129 Å². The van der Waals surface area contributed by atoms with Crippen LogP contribution in [0.25, 0.3) is 0 Å². The Morgan fingerprint density at radius 3 is 1.43 bits per heavy atom. The lowest BCUT2D eigenvalue weighted by atomic mass is 10.2. The third kappa shape index (κ3) is 4.12. The average Bonchev–Trinajstić information content (AvgIpc) is 2.79. The van der Waals surface area contributed by atoms with Gasteiger partial charge in [0.1, 0.15) is 0 Å². The van der Waals surface area contributed by atoms with E-state index in [9.17, 15) is 4.21 Å². The van der Waals surface area contributed by atoms with Gasteiger partial charge in [-0.15, -0.1) is 0 Å². The Bertz CT molecular complexity index is 1080. The predicted molar refractivity (Wildman–Crippen MR) is 125 cm³/mol. The second-order valence-corrected chi connectivity index (χ2v) is 11.1. The monoisotopic (exact) mass is 432 g/mol. The van der Waals surface area contributed by atoms with Crippen molar-refractivity contribution in [3.63, 3.8) is 0 Å². The number of benzene rings is 4. The molecule has 1 atom stereocenters. The summed E-state index contributed by atoms with van der Waals surface area (Å²) in [5.41, 5.74) is 2.30. The number of hydrogen-bond acceptors (Lipinski definition) is 2. The van der Waals surface area contributed by atoms with Crippen LogP contribution in [0.3, 0.4) is 0 Å². The van der Waals surface area contributed by atoms with E-state index < -0.39 is 21.4 Å². The van der Waals surface area contributed by atoms with Crippen molar-refractivity contribution in [1.82, 2.24) is 0 Å². The Morgan fingerprint density at radius 2 is 0.967 bits per heavy atom. The minimum atomic E-state index is -2.21. The minimum Gasteiger partial charge on any atom is -0.223 e. The molecule has 0 amide bonds. The zero-order valence-corrected chi connectivity index (χ0v) is 18.7. The molecule has 0 aromatic heterocycles. The molecule has 0 heterocycles. The van der Waals surface area contributed by atoms with Gasteiger partial charge in [0.25, 0.3) is 0 Å². The lowest BCUT2D eigenvalue weighted by Gasteiger charge is -2.39. The largest absolute Gasteiger partial charge is 0.223 e. The first-order chi connectivity index (χ1) is 14.6. The Kier molecular flexibility index (Phi) is 6.18. The van der Waals surface area contributed by atoms with Gasteiger partial charge in [0.2, 0.25) is 0 Å². The highest BCUT2D eigenvalue weighted by atomic mass is 32.3. The molecule has 0 spiro atoms. The Morgan fingerprint density at radius 1 is 0.567 bits per heavy atom. The second-order valence-electron chi connectivity index (χ2n) is 7.11. The Balaban J connectivity index is 1.93. The topological polar surface area (TPSA) is 26.3 Å². The molecular weight excluding hydrogens is 408 g/mol. The molecule has 0 radical (unpaired) electrons.